The van der Waals surface area contributed by atoms with Gasteiger partial charge in [0.1, 0.15) is 5.56 Å². The molecule has 0 unspecified atom stereocenters. The van der Waals surface area contributed by atoms with E-state index < -0.39 is 0 Å². The number of aromatic nitrogens is 1. The number of rotatable bonds is 2. The average molecular weight is 234 g/mol. The fourth-order valence-electron chi connectivity index (χ4n) is 2.26. The maximum absolute atomic E-state index is 11.9. The van der Waals surface area contributed by atoms with Crippen LogP contribution in [0.15, 0.2) is 23.3 Å². The third kappa shape index (κ3) is 2.96. The van der Waals surface area contributed by atoms with Crippen molar-refractivity contribution in [2.75, 3.05) is 0 Å². The van der Waals surface area contributed by atoms with Gasteiger partial charge in [0.15, 0.2) is 5.43 Å². The molecule has 1 amide bonds. The number of carbonyl (C=O) groups is 1. The second kappa shape index (κ2) is 5.17. The molecule has 1 heterocycles. The first-order valence-corrected chi connectivity index (χ1v) is 6.15. The number of hydrogen-bond acceptors (Lipinski definition) is 2. The van der Waals surface area contributed by atoms with Gasteiger partial charge in [0.25, 0.3) is 5.91 Å². The molecule has 92 valence electrons. The van der Waals surface area contributed by atoms with Crippen molar-refractivity contribution >= 4 is 5.91 Å². The molecule has 4 nitrogen and oxygen atoms in total. The van der Waals surface area contributed by atoms with Crippen LogP contribution in [0, 0.1) is 5.92 Å². The summed E-state index contributed by atoms with van der Waals surface area (Å²) in [5, 5.41) is 2.94. The lowest BCUT2D eigenvalue weighted by molar-refractivity contribution is 0.0921. The summed E-state index contributed by atoms with van der Waals surface area (Å²) < 4.78 is 0. The largest absolute Gasteiger partial charge is 0.367 e. The highest BCUT2D eigenvalue weighted by Gasteiger charge is 2.20. The molecule has 1 saturated carbocycles. The Labute approximate surface area is 100 Å². The lowest BCUT2D eigenvalue weighted by Gasteiger charge is -2.26. The lowest BCUT2D eigenvalue weighted by Crippen LogP contribution is -2.39. The van der Waals surface area contributed by atoms with Crippen molar-refractivity contribution in [3.63, 3.8) is 0 Å². The average Bonchev–Trinajstić information content (AvgIpc) is 2.32. The Morgan fingerprint density at radius 2 is 2.06 bits per heavy atom. The number of amides is 1. The van der Waals surface area contributed by atoms with Crippen molar-refractivity contribution in [3.8, 4) is 0 Å². The van der Waals surface area contributed by atoms with Crippen LogP contribution in [0.25, 0.3) is 0 Å². The molecule has 1 aromatic rings. The zero-order chi connectivity index (χ0) is 12.3. The fraction of sp³-hybridized carbons (Fsp3) is 0.538. The molecule has 0 aromatic carbocycles. The van der Waals surface area contributed by atoms with Crippen molar-refractivity contribution < 1.29 is 4.79 Å². The van der Waals surface area contributed by atoms with Crippen LogP contribution >= 0.6 is 0 Å². The topological polar surface area (TPSA) is 62.0 Å². The van der Waals surface area contributed by atoms with Gasteiger partial charge in [-0.1, -0.05) is 6.92 Å². The maximum Gasteiger partial charge on any atom is 0.256 e. The van der Waals surface area contributed by atoms with E-state index in [4.69, 9.17) is 0 Å². The molecule has 2 rings (SSSR count). The summed E-state index contributed by atoms with van der Waals surface area (Å²) in [7, 11) is 0. The predicted octanol–water partition coefficient (Wildman–Crippen LogP) is 1.68. The molecular formula is C13H18N2O2. The molecule has 1 aliphatic rings. The molecule has 1 fully saturated rings. The summed E-state index contributed by atoms with van der Waals surface area (Å²) in [4.78, 5) is 26.1. The van der Waals surface area contributed by atoms with E-state index in [1.807, 2.05) is 0 Å². The van der Waals surface area contributed by atoms with E-state index in [2.05, 4.69) is 17.2 Å². The van der Waals surface area contributed by atoms with Gasteiger partial charge in [0.05, 0.1) is 0 Å². The van der Waals surface area contributed by atoms with Crippen molar-refractivity contribution in [3.05, 3.63) is 34.2 Å². The van der Waals surface area contributed by atoms with Crippen LogP contribution in [0.5, 0.6) is 0 Å². The Morgan fingerprint density at radius 1 is 1.35 bits per heavy atom. The third-order valence-electron chi connectivity index (χ3n) is 3.42. The van der Waals surface area contributed by atoms with Crippen LogP contribution in [0.4, 0.5) is 0 Å². The monoisotopic (exact) mass is 234 g/mol. The molecule has 2 N–H and O–H groups in total. The number of carbonyl (C=O) groups excluding carboxylic acids is 1. The molecule has 0 saturated heterocycles. The number of hydrogen-bond donors (Lipinski definition) is 2. The number of pyridine rings is 1. The van der Waals surface area contributed by atoms with Crippen molar-refractivity contribution in [1.82, 2.24) is 10.3 Å². The molecule has 17 heavy (non-hydrogen) atoms. The molecule has 4 heteroatoms. The van der Waals surface area contributed by atoms with E-state index >= 15 is 0 Å². The number of nitrogens with one attached hydrogen (secondary N) is 2. The Hall–Kier alpha value is -1.58. The summed E-state index contributed by atoms with van der Waals surface area (Å²) in [6, 6.07) is 1.59. The molecule has 0 radical (unpaired) electrons. The van der Waals surface area contributed by atoms with E-state index in [1.165, 1.54) is 18.5 Å². The zero-order valence-corrected chi connectivity index (χ0v) is 10.0. The molecule has 0 spiro atoms. The second-order valence-corrected chi connectivity index (χ2v) is 4.85. The third-order valence-corrected chi connectivity index (χ3v) is 3.42. The quantitative estimate of drug-likeness (QED) is 0.818. The number of H-pyrrole nitrogens is 1. The van der Waals surface area contributed by atoms with Gasteiger partial charge in [-0.15, -0.1) is 0 Å². The summed E-state index contributed by atoms with van der Waals surface area (Å²) >= 11 is 0. The normalized spacial score (nSPS) is 24.3. The van der Waals surface area contributed by atoms with E-state index in [0.29, 0.717) is 0 Å². The second-order valence-electron chi connectivity index (χ2n) is 4.85. The summed E-state index contributed by atoms with van der Waals surface area (Å²) in [6.07, 6.45) is 7.31. The van der Waals surface area contributed by atoms with Gasteiger partial charge in [0.2, 0.25) is 0 Å². The summed E-state index contributed by atoms with van der Waals surface area (Å²) in [6.45, 7) is 2.24. The molecule has 1 aliphatic carbocycles. The zero-order valence-electron chi connectivity index (χ0n) is 10.0. The van der Waals surface area contributed by atoms with E-state index in [-0.39, 0.29) is 22.9 Å². The van der Waals surface area contributed by atoms with Gasteiger partial charge in [-0.2, -0.15) is 0 Å². The van der Waals surface area contributed by atoms with Gasteiger partial charge in [-0.05, 0) is 31.6 Å². The standard InChI is InChI=1S/C13H18N2O2/c1-9-2-4-10(5-3-9)15-13(17)11-8-14-7-6-12(11)16/h6-10H,2-5H2,1H3,(H,14,16)(H,15,17). The van der Waals surface area contributed by atoms with E-state index in [1.54, 1.807) is 0 Å². The molecular weight excluding hydrogens is 216 g/mol. The maximum atomic E-state index is 11.9. The van der Waals surface area contributed by atoms with Gasteiger partial charge in [0, 0.05) is 24.5 Å². The highest BCUT2D eigenvalue weighted by molar-refractivity contribution is 5.93. The fourth-order valence-corrected chi connectivity index (χ4v) is 2.26. The highest BCUT2D eigenvalue weighted by Crippen LogP contribution is 2.23. The van der Waals surface area contributed by atoms with Crippen molar-refractivity contribution in [1.29, 1.82) is 0 Å². The summed E-state index contributed by atoms with van der Waals surface area (Å²) in [5.41, 5.74) is -0.0310. The Bertz CT molecular complexity index is 445. The first-order chi connectivity index (χ1) is 8.16. The minimum absolute atomic E-state index is 0.200. The van der Waals surface area contributed by atoms with Crippen molar-refractivity contribution in [2.24, 2.45) is 5.92 Å². The Morgan fingerprint density at radius 3 is 2.71 bits per heavy atom. The highest BCUT2D eigenvalue weighted by atomic mass is 16.2. The van der Waals surface area contributed by atoms with Crippen LogP contribution in [-0.2, 0) is 0 Å². The Kier molecular flexibility index (Phi) is 3.61. The van der Waals surface area contributed by atoms with Gasteiger partial charge < -0.3 is 10.3 Å². The van der Waals surface area contributed by atoms with E-state index in [0.717, 1.165) is 31.6 Å². The lowest BCUT2D eigenvalue weighted by atomic mass is 9.87. The smallest absolute Gasteiger partial charge is 0.256 e. The number of aromatic amines is 1. The van der Waals surface area contributed by atoms with Crippen molar-refractivity contribution in [2.45, 2.75) is 38.6 Å². The van der Waals surface area contributed by atoms with Gasteiger partial charge in [-0.3, -0.25) is 9.59 Å². The van der Waals surface area contributed by atoms with Crippen LogP contribution in [0.2, 0.25) is 0 Å². The van der Waals surface area contributed by atoms with Gasteiger partial charge >= 0.3 is 0 Å². The SMILES string of the molecule is CC1CCC(NC(=O)c2c[nH]ccc2=O)CC1. The minimum atomic E-state index is -0.258. The predicted molar refractivity (Wildman–Crippen MR) is 65.9 cm³/mol. The molecule has 0 atom stereocenters. The van der Waals surface area contributed by atoms with E-state index in [9.17, 15) is 9.59 Å². The molecule has 1 aromatic heterocycles. The molecule has 0 bridgehead atoms. The van der Waals surface area contributed by atoms with Crippen LogP contribution in [-0.4, -0.2) is 16.9 Å². The minimum Gasteiger partial charge on any atom is -0.367 e. The first kappa shape index (κ1) is 11.9. The first-order valence-electron chi connectivity index (χ1n) is 6.15. The Balaban J connectivity index is 1.98. The van der Waals surface area contributed by atoms with Crippen LogP contribution in [0.3, 0.4) is 0 Å². The molecule has 0 aliphatic heterocycles. The summed E-state index contributed by atoms with van der Waals surface area (Å²) in [5.74, 6) is 0.495. The van der Waals surface area contributed by atoms with Crippen LogP contribution < -0.4 is 10.7 Å². The van der Waals surface area contributed by atoms with Crippen LogP contribution in [0.1, 0.15) is 43.0 Å². The van der Waals surface area contributed by atoms with Gasteiger partial charge in [-0.25, -0.2) is 0 Å².